The number of carbonyl (C=O) groups excluding carboxylic acids is 3. The van der Waals surface area contributed by atoms with E-state index in [2.05, 4.69) is 12.2 Å². The fraction of sp³-hybridized carbons (Fsp3) is 0.864. The summed E-state index contributed by atoms with van der Waals surface area (Å²) >= 11 is 0. The molecule has 0 aromatic rings. The molecule has 1 aliphatic heterocycles. The molecule has 0 bridgehead atoms. The van der Waals surface area contributed by atoms with Crippen molar-refractivity contribution < 1.29 is 14.4 Å². The van der Waals surface area contributed by atoms with E-state index in [1.54, 1.807) is 0 Å². The minimum Gasteiger partial charge on any atom is -0.352 e. The van der Waals surface area contributed by atoms with Crippen molar-refractivity contribution >= 4 is 17.7 Å². The van der Waals surface area contributed by atoms with Gasteiger partial charge in [0.25, 0.3) is 0 Å². The van der Waals surface area contributed by atoms with Crippen LogP contribution in [0.1, 0.15) is 111 Å². The summed E-state index contributed by atoms with van der Waals surface area (Å²) in [6, 6.07) is -0.0365. The van der Waals surface area contributed by atoms with E-state index in [0.717, 1.165) is 25.7 Å². The second-order valence-corrected chi connectivity index (χ2v) is 8.91. The third-order valence-electron chi connectivity index (χ3n) is 5.05. The largest absolute Gasteiger partial charge is 0.352 e. The maximum Gasteiger partial charge on any atom is 0.229 e. The normalized spacial score (nSPS) is 16.1. The van der Waals surface area contributed by atoms with Gasteiger partial charge in [0, 0.05) is 30.8 Å². The molecule has 0 saturated carbocycles. The molecule has 1 unspecified atom stereocenters. The van der Waals surface area contributed by atoms with Crippen LogP contribution in [0.3, 0.4) is 0 Å². The Morgan fingerprint density at radius 2 is 1.44 bits per heavy atom. The van der Waals surface area contributed by atoms with Gasteiger partial charge in [-0.05, 0) is 40.0 Å². The maximum absolute atomic E-state index is 12.1. The van der Waals surface area contributed by atoms with E-state index in [4.69, 9.17) is 0 Å². The zero-order chi connectivity index (χ0) is 20.3. The first-order valence-electron chi connectivity index (χ1n) is 10.9. The predicted octanol–water partition coefficient (Wildman–Crippen LogP) is 4.73. The van der Waals surface area contributed by atoms with E-state index in [1.807, 2.05) is 20.8 Å². The third kappa shape index (κ3) is 9.92. The Bertz CT molecular complexity index is 466. The number of amides is 3. The van der Waals surface area contributed by atoms with Crippen molar-refractivity contribution in [3.8, 4) is 0 Å². The first-order valence-corrected chi connectivity index (χ1v) is 10.9. The summed E-state index contributed by atoms with van der Waals surface area (Å²) in [4.78, 5) is 37.8. The quantitative estimate of drug-likeness (QED) is 0.371. The summed E-state index contributed by atoms with van der Waals surface area (Å²) < 4.78 is 0. The second kappa shape index (κ2) is 12.1. The number of nitrogens with zero attached hydrogens (tertiary/aromatic N) is 1. The third-order valence-corrected chi connectivity index (χ3v) is 5.05. The van der Waals surface area contributed by atoms with E-state index in [1.165, 1.54) is 37.0 Å². The van der Waals surface area contributed by atoms with Crippen molar-refractivity contribution in [2.75, 3.05) is 0 Å². The minimum atomic E-state index is -0.227. The summed E-state index contributed by atoms with van der Waals surface area (Å²) in [6.45, 7) is 8.12. The monoisotopic (exact) mass is 380 g/mol. The maximum atomic E-state index is 12.1. The van der Waals surface area contributed by atoms with E-state index >= 15 is 0 Å². The molecule has 1 N–H and O–H groups in total. The Balaban J connectivity index is 2.43. The van der Waals surface area contributed by atoms with Crippen molar-refractivity contribution in [1.82, 2.24) is 10.2 Å². The van der Waals surface area contributed by atoms with Crippen LogP contribution in [0.5, 0.6) is 0 Å². The van der Waals surface area contributed by atoms with Crippen LogP contribution in [-0.4, -0.2) is 34.2 Å². The fourth-order valence-corrected chi connectivity index (χ4v) is 3.72. The van der Waals surface area contributed by atoms with E-state index < -0.39 is 0 Å². The summed E-state index contributed by atoms with van der Waals surface area (Å²) in [5.74, 6) is -0.0320. The molecule has 1 atom stereocenters. The lowest BCUT2D eigenvalue weighted by atomic mass is 9.99. The fourth-order valence-electron chi connectivity index (χ4n) is 3.72. The molecule has 1 rings (SSSR count). The van der Waals surface area contributed by atoms with E-state index in [-0.39, 0.29) is 29.3 Å². The van der Waals surface area contributed by atoms with Crippen LogP contribution >= 0.6 is 0 Å². The van der Waals surface area contributed by atoms with Gasteiger partial charge < -0.3 is 5.32 Å². The summed E-state index contributed by atoms with van der Waals surface area (Å²) in [6.07, 6.45) is 12.0. The van der Waals surface area contributed by atoms with Crippen LogP contribution in [0.4, 0.5) is 0 Å². The molecule has 27 heavy (non-hydrogen) atoms. The zero-order valence-electron chi connectivity index (χ0n) is 17.9. The number of likely N-dealkylation sites (tertiary alicyclic amines) is 1. The molecule has 5 nitrogen and oxygen atoms in total. The lowest BCUT2D eigenvalue weighted by Crippen LogP contribution is -2.41. The molecule has 3 amide bonds. The first kappa shape index (κ1) is 23.6. The van der Waals surface area contributed by atoms with Gasteiger partial charge in [0.15, 0.2) is 0 Å². The molecule has 0 spiro atoms. The lowest BCUT2D eigenvalue weighted by molar-refractivity contribution is -0.141. The molecular formula is C22H40N2O3. The number of rotatable bonds is 13. The average Bonchev–Trinajstić information content (AvgIpc) is 2.89. The highest BCUT2D eigenvalue weighted by atomic mass is 16.2. The molecule has 1 saturated heterocycles. The Morgan fingerprint density at radius 3 is 2.00 bits per heavy atom. The Morgan fingerprint density at radius 1 is 0.926 bits per heavy atom. The molecule has 1 heterocycles. The molecule has 5 heteroatoms. The van der Waals surface area contributed by atoms with Crippen molar-refractivity contribution in [3.05, 3.63) is 0 Å². The van der Waals surface area contributed by atoms with Gasteiger partial charge in [-0.25, -0.2) is 0 Å². The number of unbranched alkanes of at least 4 members (excludes halogenated alkanes) is 6. The average molecular weight is 381 g/mol. The highest BCUT2D eigenvalue weighted by molar-refractivity contribution is 6.02. The van der Waals surface area contributed by atoms with Gasteiger partial charge in [-0.1, -0.05) is 51.9 Å². The van der Waals surface area contributed by atoms with Gasteiger partial charge in [-0.3, -0.25) is 19.3 Å². The first-order chi connectivity index (χ1) is 12.7. The van der Waals surface area contributed by atoms with Crippen LogP contribution in [0, 0.1) is 0 Å². The summed E-state index contributed by atoms with van der Waals surface area (Å²) in [7, 11) is 0. The molecule has 1 aliphatic rings. The molecule has 0 radical (unpaired) electrons. The Labute approximate surface area is 165 Å². The van der Waals surface area contributed by atoms with Crippen LogP contribution in [-0.2, 0) is 14.4 Å². The minimum absolute atomic E-state index is 0.0351. The van der Waals surface area contributed by atoms with Crippen molar-refractivity contribution in [1.29, 1.82) is 0 Å². The van der Waals surface area contributed by atoms with Crippen LogP contribution in [0.25, 0.3) is 0 Å². The topological polar surface area (TPSA) is 66.5 Å². The van der Waals surface area contributed by atoms with Gasteiger partial charge in [-0.15, -0.1) is 0 Å². The van der Waals surface area contributed by atoms with Crippen LogP contribution in [0.15, 0.2) is 0 Å². The lowest BCUT2D eigenvalue weighted by Gasteiger charge is -2.27. The SMILES string of the molecule is CCCCCCCCCC(CCCC(=O)NC(C)(C)C)N1C(=O)CCC1=O. The zero-order valence-corrected chi connectivity index (χ0v) is 17.9. The molecule has 0 aliphatic carbocycles. The summed E-state index contributed by atoms with van der Waals surface area (Å²) in [5.41, 5.74) is -0.227. The number of carbonyl (C=O) groups is 3. The highest BCUT2D eigenvalue weighted by Crippen LogP contribution is 2.23. The Kier molecular flexibility index (Phi) is 10.6. The van der Waals surface area contributed by atoms with Gasteiger partial charge in [0.1, 0.15) is 0 Å². The molecule has 0 aromatic heterocycles. The van der Waals surface area contributed by atoms with Crippen LogP contribution in [0.2, 0.25) is 0 Å². The number of nitrogens with one attached hydrogen (secondary N) is 1. The molecule has 1 fully saturated rings. The second-order valence-electron chi connectivity index (χ2n) is 8.91. The van der Waals surface area contributed by atoms with Gasteiger partial charge in [0.05, 0.1) is 0 Å². The number of hydrogen-bond acceptors (Lipinski definition) is 3. The van der Waals surface area contributed by atoms with Crippen LogP contribution < -0.4 is 5.32 Å². The van der Waals surface area contributed by atoms with Crippen molar-refractivity contribution in [3.63, 3.8) is 0 Å². The standard InChI is InChI=1S/C22H40N2O3/c1-5-6-7-8-9-10-11-13-18(24-20(26)16-17-21(24)27)14-12-15-19(25)23-22(2,3)4/h18H,5-17H2,1-4H3,(H,23,25). The van der Waals surface area contributed by atoms with Gasteiger partial charge >= 0.3 is 0 Å². The molecule has 0 aromatic carbocycles. The molecular weight excluding hydrogens is 340 g/mol. The number of hydrogen-bond donors (Lipinski definition) is 1. The predicted molar refractivity (Wildman–Crippen MR) is 109 cm³/mol. The summed E-state index contributed by atoms with van der Waals surface area (Å²) in [5, 5.41) is 2.97. The van der Waals surface area contributed by atoms with E-state index in [0.29, 0.717) is 25.7 Å². The van der Waals surface area contributed by atoms with Gasteiger partial charge in [-0.2, -0.15) is 0 Å². The highest BCUT2D eigenvalue weighted by Gasteiger charge is 2.34. The van der Waals surface area contributed by atoms with E-state index in [9.17, 15) is 14.4 Å². The smallest absolute Gasteiger partial charge is 0.229 e. The van der Waals surface area contributed by atoms with Gasteiger partial charge in [0.2, 0.25) is 17.7 Å². The Hall–Kier alpha value is -1.39. The number of imide groups is 1. The molecule has 156 valence electrons. The van der Waals surface area contributed by atoms with Crippen molar-refractivity contribution in [2.45, 2.75) is 123 Å². The van der Waals surface area contributed by atoms with Crippen molar-refractivity contribution in [2.24, 2.45) is 0 Å².